The van der Waals surface area contributed by atoms with Crippen LogP contribution in [0.1, 0.15) is 42.7 Å². The monoisotopic (exact) mass is 322 g/mol. The summed E-state index contributed by atoms with van der Waals surface area (Å²) in [6, 6.07) is 12.5. The molecule has 124 valence electrons. The molecule has 24 heavy (non-hydrogen) atoms. The molecule has 5 heteroatoms. The fourth-order valence-corrected chi connectivity index (χ4v) is 2.48. The van der Waals surface area contributed by atoms with Gasteiger partial charge in [0.2, 0.25) is 0 Å². The molecule has 0 aliphatic carbocycles. The third-order valence-electron chi connectivity index (χ3n) is 3.58. The predicted molar refractivity (Wildman–Crippen MR) is 96.1 cm³/mol. The summed E-state index contributed by atoms with van der Waals surface area (Å²) in [5.41, 5.74) is 2.48. The fraction of sp³-hybridized carbons (Fsp3) is 0.316. The van der Waals surface area contributed by atoms with Crippen LogP contribution in [0.3, 0.4) is 0 Å². The molecule has 1 heterocycles. The lowest BCUT2D eigenvalue weighted by molar-refractivity contribution is 0.102. The van der Waals surface area contributed by atoms with Gasteiger partial charge in [-0.1, -0.05) is 19.9 Å². The van der Waals surface area contributed by atoms with Gasteiger partial charge >= 0.3 is 0 Å². The van der Waals surface area contributed by atoms with Crippen molar-refractivity contribution < 1.29 is 4.79 Å². The summed E-state index contributed by atoms with van der Waals surface area (Å²) in [6.45, 7) is 6.24. The number of hydrogen-bond acceptors (Lipinski definition) is 4. The van der Waals surface area contributed by atoms with E-state index in [9.17, 15) is 4.79 Å². The molecular weight excluding hydrogens is 300 g/mol. The summed E-state index contributed by atoms with van der Waals surface area (Å²) >= 11 is 0. The molecular formula is C19H22N4O. The fourth-order valence-electron chi connectivity index (χ4n) is 2.48. The molecule has 0 fully saturated rings. The highest BCUT2D eigenvalue weighted by Crippen LogP contribution is 2.16. The SMILES string of the molecule is CCCN(CCC)c1ccc(C(=O)Nc2cccc(C#N)c2)nc1. The van der Waals surface area contributed by atoms with Crippen molar-refractivity contribution in [1.82, 2.24) is 4.98 Å². The van der Waals surface area contributed by atoms with Gasteiger partial charge in [-0.2, -0.15) is 5.26 Å². The summed E-state index contributed by atoms with van der Waals surface area (Å²) in [5.74, 6) is -0.283. The number of nitriles is 1. The van der Waals surface area contributed by atoms with Crippen LogP contribution in [-0.2, 0) is 0 Å². The molecule has 0 spiro atoms. The van der Waals surface area contributed by atoms with Crippen molar-refractivity contribution in [2.75, 3.05) is 23.3 Å². The third kappa shape index (κ3) is 4.56. The number of carbonyl (C=O) groups excluding carboxylic acids is 1. The lowest BCUT2D eigenvalue weighted by Crippen LogP contribution is -2.25. The molecule has 2 aromatic rings. The van der Waals surface area contributed by atoms with Crippen molar-refractivity contribution in [3.63, 3.8) is 0 Å². The summed E-state index contributed by atoms with van der Waals surface area (Å²) in [5, 5.41) is 11.7. The second-order valence-corrected chi connectivity index (χ2v) is 5.54. The van der Waals surface area contributed by atoms with Gasteiger partial charge in [0.15, 0.2) is 0 Å². The minimum absolute atomic E-state index is 0.283. The minimum Gasteiger partial charge on any atom is -0.370 e. The zero-order valence-electron chi connectivity index (χ0n) is 14.1. The quantitative estimate of drug-likeness (QED) is 0.841. The number of pyridine rings is 1. The Balaban J connectivity index is 2.09. The maximum atomic E-state index is 12.3. The molecule has 0 aliphatic heterocycles. The van der Waals surface area contributed by atoms with E-state index in [2.05, 4.69) is 35.1 Å². The second-order valence-electron chi connectivity index (χ2n) is 5.54. The molecule has 1 aromatic heterocycles. The van der Waals surface area contributed by atoms with Crippen LogP contribution in [0, 0.1) is 11.3 Å². The van der Waals surface area contributed by atoms with Gasteiger partial charge in [-0.25, -0.2) is 4.98 Å². The number of hydrogen-bond donors (Lipinski definition) is 1. The van der Waals surface area contributed by atoms with Crippen LogP contribution in [0.2, 0.25) is 0 Å². The standard InChI is InChI=1S/C19H22N4O/c1-3-10-23(11-4-2)17-8-9-18(21-14-17)19(24)22-16-7-5-6-15(12-16)13-20/h5-9,12,14H,3-4,10-11H2,1-2H3,(H,22,24). The van der Waals surface area contributed by atoms with E-state index in [1.807, 2.05) is 6.07 Å². The van der Waals surface area contributed by atoms with Crippen LogP contribution >= 0.6 is 0 Å². The average molecular weight is 322 g/mol. The summed E-state index contributed by atoms with van der Waals surface area (Å²) in [4.78, 5) is 18.8. The molecule has 0 radical (unpaired) electrons. The van der Waals surface area contributed by atoms with Gasteiger partial charge in [-0.3, -0.25) is 4.79 Å². The van der Waals surface area contributed by atoms with Crippen LogP contribution in [0.15, 0.2) is 42.6 Å². The summed E-state index contributed by atoms with van der Waals surface area (Å²) < 4.78 is 0. The Hall–Kier alpha value is -2.87. The number of nitrogens with one attached hydrogen (secondary N) is 1. The number of nitrogens with zero attached hydrogens (tertiary/aromatic N) is 3. The van der Waals surface area contributed by atoms with Gasteiger partial charge in [0.05, 0.1) is 23.5 Å². The number of benzene rings is 1. The topological polar surface area (TPSA) is 69.0 Å². The maximum absolute atomic E-state index is 12.3. The Bertz CT molecular complexity index is 713. The van der Waals surface area contributed by atoms with E-state index in [1.54, 1.807) is 36.5 Å². The van der Waals surface area contributed by atoms with Gasteiger partial charge < -0.3 is 10.2 Å². The highest BCUT2D eigenvalue weighted by atomic mass is 16.1. The van der Waals surface area contributed by atoms with Crippen molar-refractivity contribution in [2.45, 2.75) is 26.7 Å². The maximum Gasteiger partial charge on any atom is 0.274 e. The van der Waals surface area contributed by atoms with Crippen LogP contribution in [-0.4, -0.2) is 24.0 Å². The molecule has 5 nitrogen and oxygen atoms in total. The molecule has 1 N–H and O–H groups in total. The molecule has 0 bridgehead atoms. The zero-order valence-corrected chi connectivity index (χ0v) is 14.1. The van der Waals surface area contributed by atoms with Crippen LogP contribution in [0.5, 0.6) is 0 Å². The Kier molecular flexibility index (Phi) is 6.32. The first kappa shape index (κ1) is 17.5. The first-order valence-corrected chi connectivity index (χ1v) is 8.20. The Labute approximate surface area is 142 Å². The van der Waals surface area contributed by atoms with Crippen LogP contribution in [0.25, 0.3) is 0 Å². The Morgan fingerprint density at radius 2 is 1.96 bits per heavy atom. The van der Waals surface area contributed by atoms with Gasteiger partial charge in [0.25, 0.3) is 5.91 Å². The molecule has 0 atom stereocenters. The molecule has 0 saturated carbocycles. The van der Waals surface area contributed by atoms with Crippen molar-refractivity contribution in [3.05, 3.63) is 53.9 Å². The Morgan fingerprint density at radius 1 is 1.21 bits per heavy atom. The molecule has 0 unspecified atom stereocenters. The largest absolute Gasteiger partial charge is 0.370 e. The normalized spacial score (nSPS) is 10.0. The highest BCUT2D eigenvalue weighted by Gasteiger charge is 2.10. The van der Waals surface area contributed by atoms with Crippen LogP contribution < -0.4 is 10.2 Å². The van der Waals surface area contributed by atoms with E-state index in [1.165, 1.54) is 0 Å². The molecule has 0 aliphatic rings. The number of amides is 1. The van der Waals surface area contributed by atoms with E-state index in [0.717, 1.165) is 31.6 Å². The number of anilines is 2. The van der Waals surface area contributed by atoms with E-state index in [0.29, 0.717) is 16.9 Å². The van der Waals surface area contributed by atoms with E-state index in [4.69, 9.17) is 5.26 Å². The minimum atomic E-state index is -0.283. The third-order valence-corrected chi connectivity index (χ3v) is 3.58. The number of aromatic nitrogens is 1. The van der Waals surface area contributed by atoms with Gasteiger partial charge in [-0.15, -0.1) is 0 Å². The molecule has 1 amide bonds. The van der Waals surface area contributed by atoms with E-state index in [-0.39, 0.29) is 5.91 Å². The van der Waals surface area contributed by atoms with Gasteiger partial charge in [-0.05, 0) is 43.2 Å². The van der Waals surface area contributed by atoms with E-state index >= 15 is 0 Å². The summed E-state index contributed by atoms with van der Waals surface area (Å²) in [7, 11) is 0. The molecule has 2 rings (SSSR count). The van der Waals surface area contributed by atoms with Crippen molar-refractivity contribution >= 4 is 17.3 Å². The smallest absolute Gasteiger partial charge is 0.274 e. The average Bonchev–Trinajstić information content (AvgIpc) is 2.62. The molecule has 0 saturated heterocycles. The molecule has 1 aromatic carbocycles. The predicted octanol–water partition coefficient (Wildman–Crippen LogP) is 3.83. The Morgan fingerprint density at radius 3 is 2.54 bits per heavy atom. The van der Waals surface area contributed by atoms with Crippen molar-refractivity contribution in [3.8, 4) is 6.07 Å². The van der Waals surface area contributed by atoms with E-state index < -0.39 is 0 Å². The van der Waals surface area contributed by atoms with Crippen molar-refractivity contribution in [1.29, 1.82) is 5.26 Å². The lowest BCUT2D eigenvalue weighted by Gasteiger charge is -2.23. The number of rotatable bonds is 7. The van der Waals surface area contributed by atoms with Gasteiger partial charge in [0, 0.05) is 18.8 Å². The van der Waals surface area contributed by atoms with Crippen LogP contribution in [0.4, 0.5) is 11.4 Å². The van der Waals surface area contributed by atoms with Gasteiger partial charge in [0.1, 0.15) is 5.69 Å². The lowest BCUT2D eigenvalue weighted by atomic mass is 10.2. The number of carbonyl (C=O) groups is 1. The first-order valence-electron chi connectivity index (χ1n) is 8.20. The zero-order chi connectivity index (χ0) is 17.4. The highest BCUT2D eigenvalue weighted by molar-refractivity contribution is 6.03. The summed E-state index contributed by atoms with van der Waals surface area (Å²) in [6.07, 6.45) is 3.88. The second kappa shape index (κ2) is 8.68. The van der Waals surface area contributed by atoms with Crippen molar-refractivity contribution in [2.24, 2.45) is 0 Å². The first-order chi connectivity index (χ1) is 11.7.